The molecule has 27 heavy (non-hydrogen) atoms. The summed E-state index contributed by atoms with van der Waals surface area (Å²) in [7, 11) is 0. The zero-order valence-electron chi connectivity index (χ0n) is 16.3. The molecule has 8 nitrogen and oxygen atoms in total. The Kier molecular flexibility index (Phi) is 5.82. The summed E-state index contributed by atoms with van der Waals surface area (Å²) in [4.78, 5) is 28.7. The van der Waals surface area contributed by atoms with Gasteiger partial charge in [0.2, 0.25) is 11.8 Å². The highest BCUT2D eigenvalue weighted by Gasteiger charge is 2.36. The molecule has 0 bridgehead atoms. The molecule has 2 atom stereocenters. The number of rotatable bonds is 3. The maximum atomic E-state index is 12.9. The number of hydrogen-bond acceptors (Lipinski definition) is 6. The van der Waals surface area contributed by atoms with E-state index in [2.05, 4.69) is 10.2 Å². The van der Waals surface area contributed by atoms with Crippen LogP contribution in [-0.4, -0.2) is 69.9 Å². The highest BCUT2D eigenvalue weighted by Crippen LogP contribution is 2.24. The van der Waals surface area contributed by atoms with Crippen molar-refractivity contribution < 1.29 is 19.1 Å². The summed E-state index contributed by atoms with van der Waals surface area (Å²) in [5.74, 6) is 0.389. The van der Waals surface area contributed by atoms with Crippen LogP contribution in [0.3, 0.4) is 0 Å². The van der Waals surface area contributed by atoms with E-state index in [1.807, 2.05) is 25.7 Å². The van der Waals surface area contributed by atoms with Gasteiger partial charge in [-0.25, -0.2) is 4.79 Å². The second kappa shape index (κ2) is 8.10. The molecule has 2 aliphatic heterocycles. The van der Waals surface area contributed by atoms with Crippen LogP contribution < -0.4 is 4.74 Å². The SMILES string of the molecule is CC(C)(C)OC(=O)N1CCCC(C(=O)N2CCC(Oc3cccnn3)C2)C1. The van der Waals surface area contributed by atoms with Crippen molar-refractivity contribution in [3.05, 3.63) is 18.3 Å². The van der Waals surface area contributed by atoms with Gasteiger partial charge in [0.1, 0.15) is 11.7 Å². The summed E-state index contributed by atoms with van der Waals surface area (Å²) in [6.07, 6.45) is 3.55. The molecule has 2 aliphatic rings. The first kappa shape index (κ1) is 19.4. The van der Waals surface area contributed by atoms with E-state index in [4.69, 9.17) is 9.47 Å². The van der Waals surface area contributed by atoms with Gasteiger partial charge in [0.15, 0.2) is 0 Å². The maximum Gasteiger partial charge on any atom is 0.410 e. The van der Waals surface area contributed by atoms with Crippen molar-refractivity contribution in [3.8, 4) is 5.88 Å². The monoisotopic (exact) mass is 376 g/mol. The third-order valence-corrected chi connectivity index (χ3v) is 4.71. The second-order valence-corrected chi connectivity index (χ2v) is 8.14. The lowest BCUT2D eigenvalue weighted by Crippen LogP contribution is -2.47. The van der Waals surface area contributed by atoms with Crippen LogP contribution in [0.25, 0.3) is 0 Å². The molecule has 3 rings (SSSR count). The van der Waals surface area contributed by atoms with Gasteiger partial charge >= 0.3 is 6.09 Å². The highest BCUT2D eigenvalue weighted by molar-refractivity contribution is 5.80. The third kappa shape index (κ3) is 5.30. The number of amides is 2. The van der Waals surface area contributed by atoms with Gasteiger partial charge in [-0.3, -0.25) is 4.79 Å². The number of aromatic nitrogens is 2. The molecular formula is C19H28N4O4. The normalized spacial score (nSPS) is 23.2. The van der Waals surface area contributed by atoms with E-state index >= 15 is 0 Å². The highest BCUT2D eigenvalue weighted by atomic mass is 16.6. The van der Waals surface area contributed by atoms with E-state index in [-0.39, 0.29) is 24.0 Å². The number of ether oxygens (including phenoxy) is 2. The largest absolute Gasteiger partial charge is 0.471 e. The average Bonchev–Trinajstić information content (AvgIpc) is 3.09. The molecule has 148 valence electrons. The Hall–Kier alpha value is -2.38. The molecule has 0 radical (unpaired) electrons. The van der Waals surface area contributed by atoms with Crippen LogP contribution >= 0.6 is 0 Å². The zero-order valence-corrected chi connectivity index (χ0v) is 16.3. The van der Waals surface area contributed by atoms with Gasteiger partial charge in [0, 0.05) is 38.3 Å². The Morgan fingerprint density at radius 1 is 1.15 bits per heavy atom. The molecule has 1 aromatic rings. The summed E-state index contributed by atoms with van der Waals surface area (Å²) in [6.45, 7) is 7.79. The summed E-state index contributed by atoms with van der Waals surface area (Å²) in [6, 6.07) is 3.53. The minimum atomic E-state index is -0.534. The number of hydrogen-bond donors (Lipinski definition) is 0. The quantitative estimate of drug-likeness (QED) is 0.803. The van der Waals surface area contributed by atoms with Crippen molar-refractivity contribution in [2.75, 3.05) is 26.2 Å². The molecule has 3 heterocycles. The van der Waals surface area contributed by atoms with Crippen LogP contribution in [0.1, 0.15) is 40.0 Å². The Labute approximate surface area is 159 Å². The fourth-order valence-electron chi connectivity index (χ4n) is 3.47. The van der Waals surface area contributed by atoms with Crippen molar-refractivity contribution in [1.29, 1.82) is 0 Å². The predicted molar refractivity (Wildman–Crippen MR) is 98.2 cm³/mol. The standard InChI is InChI=1S/C19H28N4O4/c1-19(2,3)27-18(25)23-10-5-6-14(12-23)17(24)22-11-8-15(13-22)26-16-7-4-9-20-21-16/h4,7,9,14-15H,5-6,8,10-13H2,1-3H3. The Balaban J connectivity index is 1.52. The number of carbonyl (C=O) groups is 2. The third-order valence-electron chi connectivity index (χ3n) is 4.71. The van der Waals surface area contributed by atoms with E-state index < -0.39 is 5.60 Å². The van der Waals surface area contributed by atoms with Crippen molar-refractivity contribution in [2.45, 2.75) is 51.7 Å². The first-order valence-corrected chi connectivity index (χ1v) is 9.53. The Bertz CT molecular complexity index is 661. The lowest BCUT2D eigenvalue weighted by molar-refractivity contribution is -0.136. The molecule has 1 aromatic heterocycles. The second-order valence-electron chi connectivity index (χ2n) is 8.14. The van der Waals surface area contributed by atoms with Gasteiger partial charge in [-0.05, 0) is 39.7 Å². The lowest BCUT2D eigenvalue weighted by Gasteiger charge is -2.35. The minimum absolute atomic E-state index is 0.0730. The summed E-state index contributed by atoms with van der Waals surface area (Å²) in [5, 5.41) is 7.73. The minimum Gasteiger partial charge on any atom is -0.471 e. The molecule has 2 saturated heterocycles. The first-order valence-electron chi connectivity index (χ1n) is 9.53. The first-order chi connectivity index (χ1) is 12.8. The number of carbonyl (C=O) groups excluding carboxylic acids is 2. The average molecular weight is 376 g/mol. The summed E-state index contributed by atoms with van der Waals surface area (Å²) < 4.78 is 11.2. The lowest BCUT2D eigenvalue weighted by atomic mass is 9.97. The zero-order chi connectivity index (χ0) is 19.4. The molecular weight excluding hydrogens is 348 g/mol. The van der Waals surface area contributed by atoms with Gasteiger partial charge < -0.3 is 19.3 Å². The van der Waals surface area contributed by atoms with Gasteiger partial charge in [0.05, 0.1) is 12.5 Å². The van der Waals surface area contributed by atoms with Gasteiger partial charge in [-0.2, -0.15) is 5.10 Å². The topological polar surface area (TPSA) is 84.9 Å². The molecule has 2 amide bonds. The van der Waals surface area contributed by atoms with Crippen LogP contribution in [0, 0.1) is 5.92 Å². The van der Waals surface area contributed by atoms with E-state index in [0.717, 1.165) is 19.3 Å². The number of nitrogens with zero attached hydrogens (tertiary/aromatic N) is 4. The fraction of sp³-hybridized carbons (Fsp3) is 0.684. The van der Waals surface area contributed by atoms with Crippen LogP contribution in [0.15, 0.2) is 18.3 Å². The van der Waals surface area contributed by atoms with E-state index in [9.17, 15) is 9.59 Å². The summed E-state index contributed by atoms with van der Waals surface area (Å²) >= 11 is 0. The number of likely N-dealkylation sites (tertiary alicyclic amines) is 2. The molecule has 0 aliphatic carbocycles. The molecule has 0 spiro atoms. The van der Waals surface area contributed by atoms with Gasteiger partial charge in [0.25, 0.3) is 0 Å². The molecule has 8 heteroatoms. The Morgan fingerprint density at radius 3 is 2.67 bits per heavy atom. The Morgan fingerprint density at radius 2 is 1.96 bits per heavy atom. The van der Waals surface area contributed by atoms with Crippen molar-refractivity contribution in [3.63, 3.8) is 0 Å². The molecule has 0 saturated carbocycles. The molecule has 2 fully saturated rings. The molecule has 2 unspecified atom stereocenters. The van der Waals surface area contributed by atoms with Crippen LogP contribution in [0.4, 0.5) is 4.79 Å². The smallest absolute Gasteiger partial charge is 0.410 e. The number of piperidine rings is 1. The van der Waals surface area contributed by atoms with E-state index in [1.54, 1.807) is 23.2 Å². The maximum absolute atomic E-state index is 12.9. The predicted octanol–water partition coefficient (Wildman–Crippen LogP) is 2.10. The van der Waals surface area contributed by atoms with Crippen LogP contribution in [0.5, 0.6) is 5.88 Å². The van der Waals surface area contributed by atoms with Crippen LogP contribution in [-0.2, 0) is 9.53 Å². The van der Waals surface area contributed by atoms with Gasteiger partial charge in [-0.15, -0.1) is 5.10 Å². The van der Waals surface area contributed by atoms with Crippen LogP contribution in [0.2, 0.25) is 0 Å². The van der Waals surface area contributed by atoms with Gasteiger partial charge in [-0.1, -0.05) is 0 Å². The summed E-state index contributed by atoms with van der Waals surface area (Å²) in [5.41, 5.74) is -0.534. The van der Waals surface area contributed by atoms with E-state index in [0.29, 0.717) is 32.1 Å². The molecule has 0 N–H and O–H groups in total. The van der Waals surface area contributed by atoms with Crippen molar-refractivity contribution >= 4 is 12.0 Å². The fourth-order valence-corrected chi connectivity index (χ4v) is 3.47. The van der Waals surface area contributed by atoms with Crippen molar-refractivity contribution in [2.24, 2.45) is 5.92 Å². The van der Waals surface area contributed by atoms with Crippen molar-refractivity contribution in [1.82, 2.24) is 20.0 Å². The molecule has 0 aromatic carbocycles. The van der Waals surface area contributed by atoms with E-state index in [1.165, 1.54) is 0 Å².